The van der Waals surface area contributed by atoms with Gasteiger partial charge < -0.3 is 4.74 Å². The van der Waals surface area contributed by atoms with E-state index in [1.54, 1.807) is 0 Å². The van der Waals surface area contributed by atoms with Crippen LogP contribution in [0, 0.1) is 13.8 Å². The molecule has 0 bridgehead atoms. The molecule has 0 atom stereocenters. The Balaban J connectivity index is 2.78. The average molecular weight is 163 g/mol. The van der Waals surface area contributed by atoms with Crippen molar-refractivity contribution < 1.29 is 9.53 Å². The number of aryl methyl sites for hydroxylation is 2. The van der Waals surface area contributed by atoms with Crippen LogP contribution in [0.5, 0.6) is 0 Å². The Kier molecular flexibility index (Phi) is 2.86. The first-order valence-electron chi connectivity index (χ1n) is 3.78. The molecule has 63 valence electrons. The number of hydrogen-bond acceptors (Lipinski definition) is 2. The van der Waals surface area contributed by atoms with Crippen LogP contribution in [-0.2, 0) is 16.1 Å². The van der Waals surface area contributed by atoms with Crippen molar-refractivity contribution in [3.63, 3.8) is 0 Å². The SMILES string of the molecule is Cc1cc(C)cc(CO[C]=O)c1. The molecule has 0 N–H and O–H groups in total. The molecule has 0 unspecified atom stereocenters. The lowest BCUT2D eigenvalue weighted by atomic mass is 10.1. The van der Waals surface area contributed by atoms with Crippen LogP contribution in [0.15, 0.2) is 18.2 Å². The first-order valence-corrected chi connectivity index (χ1v) is 3.78. The highest BCUT2D eigenvalue weighted by Gasteiger charge is 1.95. The molecule has 2 heteroatoms. The molecule has 0 heterocycles. The third-order valence-electron chi connectivity index (χ3n) is 1.58. The van der Waals surface area contributed by atoms with Crippen LogP contribution in [0.3, 0.4) is 0 Å². The van der Waals surface area contributed by atoms with E-state index >= 15 is 0 Å². The second kappa shape index (κ2) is 3.90. The van der Waals surface area contributed by atoms with Crippen molar-refractivity contribution in [2.45, 2.75) is 20.5 Å². The summed E-state index contributed by atoms with van der Waals surface area (Å²) >= 11 is 0. The van der Waals surface area contributed by atoms with Gasteiger partial charge in [-0.1, -0.05) is 29.3 Å². The minimum Gasteiger partial charge on any atom is -0.452 e. The standard InChI is InChI=1S/C10H11O2/c1-8-3-9(2)5-10(4-8)6-12-7-11/h3-5H,6H2,1-2H3. The van der Waals surface area contributed by atoms with E-state index in [4.69, 9.17) is 0 Å². The molecule has 2 nitrogen and oxygen atoms in total. The number of hydrogen-bond donors (Lipinski definition) is 0. The predicted octanol–water partition coefficient (Wildman–Crippen LogP) is 1.89. The van der Waals surface area contributed by atoms with Gasteiger partial charge in [0.2, 0.25) is 0 Å². The lowest BCUT2D eigenvalue weighted by Gasteiger charge is -2.02. The van der Waals surface area contributed by atoms with Crippen LogP contribution >= 0.6 is 0 Å². The molecule has 0 aliphatic rings. The molecule has 0 aliphatic carbocycles. The Morgan fingerprint density at radius 3 is 2.33 bits per heavy atom. The number of carbonyl (C=O) groups excluding carboxylic acids is 1. The molecule has 0 spiro atoms. The highest BCUT2D eigenvalue weighted by Crippen LogP contribution is 2.09. The van der Waals surface area contributed by atoms with E-state index in [-0.39, 0.29) is 0 Å². The zero-order chi connectivity index (χ0) is 8.97. The molecule has 0 saturated heterocycles. The lowest BCUT2D eigenvalue weighted by Crippen LogP contribution is -1.91. The van der Waals surface area contributed by atoms with E-state index in [1.807, 2.05) is 26.0 Å². The highest BCUT2D eigenvalue weighted by molar-refractivity contribution is 5.39. The van der Waals surface area contributed by atoms with Crippen molar-refractivity contribution in [1.82, 2.24) is 0 Å². The molecule has 0 saturated carbocycles. The van der Waals surface area contributed by atoms with Crippen molar-refractivity contribution in [3.05, 3.63) is 34.9 Å². The molecule has 0 aromatic heterocycles. The summed E-state index contributed by atoms with van der Waals surface area (Å²) in [7, 11) is 0. The molecule has 0 fully saturated rings. The average Bonchev–Trinajstić information content (AvgIpc) is 1.99. The first kappa shape index (κ1) is 8.78. The topological polar surface area (TPSA) is 26.3 Å². The fraction of sp³-hybridized carbons (Fsp3) is 0.300. The first-order chi connectivity index (χ1) is 5.72. The molecule has 0 amide bonds. The maximum Gasteiger partial charge on any atom is 0.417 e. The van der Waals surface area contributed by atoms with Gasteiger partial charge in [0.25, 0.3) is 0 Å². The van der Waals surface area contributed by atoms with Gasteiger partial charge in [-0.2, -0.15) is 0 Å². The normalized spacial score (nSPS) is 9.50. The largest absolute Gasteiger partial charge is 0.452 e. The summed E-state index contributed by atoms with van der Waals surface area (Å²) in [6, 6.07) is 6.06. The quantitative estimate of drug-likeness (QED) is 0.680. The minimum atomic E-state index is 0.312. The van der Waals surface area contributed by atoms with Gasteiger partial charge in [-0.05, 0) is 19.4 Å². The van der Waals surface area contributed by atoms with E-state index in [0.29, 0.717) is 6.61 Å². The van der Waals surface area contributed by atoms with Gasteiger partial charge in [0.15, 0.2) is 0 Å². The molecule has 1 aromatic rings. The number of benzene rings is 1. The molecular formula is C10H11O2. The van der Waals surface area contributed by atoms with E-state index < -0.39 is 0 Å². The van der Waals surface area contributed by atoms with Gasteiger partial charge >= 0.3 is 6.47 Å². The number of rotatable bonds is 3. The summed E-state index contributed by atoms with van der Waals surface area (Å²) in [5.41, 5.74) is 3.37. The number of ether oxygens (including phenoxy) is 1. The summed E-state index contributed by atoms with van der Waals surface area (Å²) in [5, 5.41) is 0. The van der Waals surface area contributed by atoms with Crippen LogP contribution < -0.4 is 0 Å². The van der Waals surface area contributed by atoms with Crippen molar-refractivity contribution in [2.75, 3.05) is 0 Å². The summed E-state index contributed by atoms with van der Waals surface area (Å²) in [6.45, 7) is 5.75. The fourth-order valence-corrected chi connectivity index (χ4v) is 1.27. The van der Waals surface area contributed by atoms with Crippen molar-refractivity contribution >= 4 is 6.47 Å². The second-order valence-electron chi connectivity index (χ2n) is 2.87. The smallest absolute Gasteiger partial charge is 0.417 e. The second-order valence-corrected chi connectivity index (χ2v) is 2.87. The van der Waals surface area contributed by atoms with E-state index in [2.05, 4.69) is 10.8 Å². The monoisotopic (exact) mass is 163 g/mol. The van der Waals surface area contributed by atoms with Crippen molar-refractivity contribution in [2.24, 2.45) is 0 Å². The van der Waals surface area contributed by atoms with E-state index in [9.17, 15) is 4.79 Å². The van der Waals surface area contributed by atoms with Gasteiger partial charge in [0.1, 0.15) is 6.61 Å². The van der Waals surface area contributed by atoms with Crippen LogP contribution in [-0.4, -0.2) is 6.47 Å². The molecule has 12 heavy (non-hydrogen) atoms. The third kappa shape index (κ3) is 2.38. The Morgan fingerprint density at radius 2 is 1.83 bits per heavy atom. The Morgan fingerprint density at radius 1 is 1.25 bits per heavy atom. The van der Waals surface area contributed by atoms with Gasteiger partial charge in [-0.3, -0.25) is 0 Å². The van der Waals surface area contributed by atoms with Crippen LogP contribution in [0.25, 0.3) is 0 Å². The minimum absolute atomic E-state index is 0.312. The van der Waals surface area contributed by atoms with Crippen molar-refractivity contribution in [3.8, 4) is 0 Å². The zero-order valence-electron chi connectivity index (χ0n) is 7.26. The van der Waals surface area contributed by atoms with Gasteiger partial charge in [0, 0.05) is 0 Å². The third-order valence-corrected chi connectivity index (χ3v) is 1.58. The zero-order valence-corrected chi connectivity index (χ0v) is 7.26. The molecule has 1 radical (unpaired) electrons. The van der Waals surface area contributed by atoms with Gasteiger partial charge in [-0.25, -0.2) is 4.79 Å². The van der Waals surface area contributed by atoms with Crippen LogP contribution in [0.4, 0.5) is 0 Å². The Hall–Kier alpha value is -1.31. The molecule has 1 rings (SSSR count). The molecule has 0 aliphatic heterocycles. The predicted molar refractivity (Wildman–Crippen MR) is 46.4 cm³/mol. The summed E-state index contributed by atoms with van der Waals surface area (Å²) in [5.74, 6) is 0. The highest BCUT2D eigenvalue weighted by atomic mass is 16.5. The Bertz CT molecular complexity index is 259. The van der Waals surface area contributed by atoms with Crippen LogP contribution in [0.1, 0.15) is 16.7 Å². The van der Waals surface area contributed by atoms with Crippen LogP contribution in [0.2, 0.25) is 0 Å². The van der Waals surface area contributed by atoms with Crippen molar-refractivity contribution in [1.29, 1.82) is 0 Å². The van der Waals surface area contributed by atoms with E-state index in [1.165, 1.54) is 17.6 Å². The summed E-state index contributed by atoms with van der Waals surface area (Å²) < 4.78 is 4.52. The molecular weight excluding hydrogens is 152 g/mol. The Labute approximate surface area is 72.2 Å². The maximum absolute atomic E-state index is 9.80. The summed E-state index contributed by atoms with van der Waals surface area (Å²) in [4.78, 5) is 9.80. The lowest BCUT2D eigenvalue weighted by molar-refractivity contribution is 0.267. The van der Waals surface area contributed by atoms with Gasteiger partial charge in [0.05, 0.1) is 0 Å². The van der Waals surface area contributed by atoms with Gasteiger partial charge in [-0.15, -0.1) is 0 Å². The molecule has 1 aromatic carbocycles. The van der Waals surface area contributed by atoms with E-state index in [0.717, 1.165) is 5.56 Å². The maximum atomic E-state index is 9.80. The summed E-state index contributed by atoms with van der Waals surface area (Å²) in [6.07, 6.45) is 0. The fourth-order valence-electron chi connectivity index (χ4n) is 1.27.